The topological polar surface area (TPSA) is 109 Å². The Kier molecular flexibility index (Phi) is 3.71. The van der Waals surface area contributed by atoms with Crippen molar-refractivity contribution < 1.29 is 13.0 Å². The molecule has 0 atom stereocenters. The van der Waals surface area contributed by atoms with Gasteiger partial charge >= 0.3 is 0 Å². The maximum atomic E-state index is 13.3. The van der Waals surface area contributed by atoms with Crippen LogP contribution < -0.4 is 10.9 Å². The van der Waals surface area contributed by atoms with E-state index in [0.29, 0.717) is 21.8 Å². The van der Waals surface area contributed by atoms with Crippen LogP contribution in [0, 0.1) is 6.92 Å². The Morgan fingerprint density at radius 3 is 2.37 bits per heavy atom. The van der Waals surface area contributed by atoms with E-state index in [0.717, 1.165) is 5.56 Å². The molecule has 30 heavy (non-hydrogen) atoms. The summed E-state index contributed by atoms with van der Waals surface area (Å²) >= 11 is 0. The zero-order valence-corrected chi connectivity index (χ0v) is 16.9. The van der Waals surface area contributed by atoms with Crippen molar-refractivity contribution in [1.29, 1.82) is 0 Å². The Balaban J connectivity index is 2.21. The van der Waals surface area contributed by atoms with Crippen LogP contribution in [0.25, 0.3) is 43.6 Å². The Morgan fingerprint density at radius 2 is 1.63 bits per heavy atom. The molecule has 0 unspecified atom stereocenters. The van der Waals surface area contributed by atoms with E-state index in [4.69, 9.17) is 0 Å². The van der Waals surface area contributed by atoms with Gasteiger partial charge in [0.05, 0.1) is 21.9 Å². The average molecular weight is 420 g/mol. The van der Waals surface area contributed by atoms with Gasteiger partial charge in [0.15, 0.2) is 10.9 Å². The molecule has 2 heterocycles. The summed E-state index contributed by atoms with van der Waals surface area (Å²) in [6.45, 7) is 1.82. The van der Waals surface area contributed by atoms with Gasteiger partial charge in [-0.05, 0) is 37.3 Å². The Morgan fingerprint density at radius 1 is 0.900 bits per heavy atom. The van der Waals surface area contributed by atoms with Gasteiger partial charge in [0.25, 0.3) is 10.1 Å². The number of hydrogen-bond acceptors (Lipinski definition) is 4. The summed E-state index contributed by atoms with van der Waals surface area (Å²) in [7, 11) is -3.24. The normalized spacial score (nSPS) is 12.4. The van der Waals surface area contributed by atoms with Crippen LogP contribution in [-0.2, 0) is 17.2 Å². The van der Waals surface area contributed by atoms with Gasteiger partial charge in [-0.2, -0.15) is 8.42 Å². The second-order valence-corrected chi connectivity index (χ2v) is 8.77. The van der Waals surface area contributed by atoms with Crippen molar-refractivity contribution >= 4 is 53.7 Å². The summed E-state index contributed by atoms with van der Waals surface area (Å²) in [6.07, 6.45) is 0. The van der Waals surface area contributed by atoms with E-state index in [-0.39, 0.29) is 27.2 Å². The largest absolute Gasteiger partial charge is 0.354 e. The average Bonchev–Trinajstić information content (AvgIpc) is 2.70. The lowest BCUT2D eigenvalue weighted by Crippen LogP contribution is -2.17. The molecule has 0 radical (unpaired) electrons. The number of aromatic nitrogens is 2. The smallest absolute Gasteiger partial charge is 0.297 e. The van der Waals surface area contributed by atoms with Gasteiger partial charge in [-0.3, -0.25) is 14.1 Å². The highest BCUT2D eigenvalue weighted by atomic mass is 32.2. The van der Waals surface area contributed by atoms with E-state index < -0.39 is 20.4 Å². The third-order valence-electron chi connectivity index (χ3n) is 5.52. The van der Waals surface area contributed by atoms with Crippen molar-refractivity contribution in [1.82, 2.24) is 9.55 Å². The molecule has 0 spiro atoms. The van der Waals surface area contributed by atoms with Crippen LogP contribution in [0.1, 0.15) is 5.56 Å². The second-order valence-electron chi connectivity index (χ2n) is 7.41. The van der Waals surface area contributed by atoms with Gasteiger partial charge in [-0.15, -0.1) is 0 Å². The first-order valence-corrected chi connectivity index (χ1v) is 10.6. The van der Waals surface area contributed by atoms with Gasteiger partial charge in [0, 0.05) is 28.7 Å². The maximum Gasteiger partial charge on any atom is 0.297 e. The molecule has 150 valence electrons. The minimum Gasteiger partial charge on any atom is -0.354 e. The number of aromatic amines is 1. The van der Waals surface area contributed by atoms with Gasteiger partial charge in [-0.25, -0.2) is 0 Å². The van der Waals surface area contributed by atoms with Crippen LogP contribution in [0.3, 0.4) is 0 Å². The third-order valence-corrected chi connectivity index (χ3v) is 6.43. The fourth-order valence-corrected chi connectivity index (χ4v) is 5.14. The number of pyridine rings is 2. The monoisotopic (exact) mass is 420 g/mol. The minimum atomic E-state index is -4.84. The number of para-hydroxylation sites is 1. The molecule has 0 saturated heterocycles. The van der Waals surface area contributed by atoms with Crippen LogP contribution in [0.15, 0.2) is 63.0 Å². The quantitative estimate of drug-likeness (QED) is 0.320. The number of nitrogens with zero attached hydrogens (tertiary/aromatic N) is 1. The molecule has 0 fully saturated rings. The minimum absolute atomic E-state index is 0.00815. The summed E-state index contributed by atoms with van der Waals surface area (Å²) in [5.74, 6) is 0. The van der Waals surface area contributed by atoms with Gasteiger partial charge in [0.1, 0.15) is 4.90 Å². The molecule has 7 nitrogen and oxygen atoms in total. The number of benzene rings is 3. The number of hydrogen-bond donors (Lipinski definition) is 2. The van der Waals surface area contributed by atoms with Crippen LogP contribution in [0.2, 0.25) is 0 Å². The highest BCUT2D eigenvalue weighted by Gasteiger charge is 2.26. The highest BCUT2D eigenvalue weighted by Crippen LogP contribution is 2.31. The van der Waals surface area contributed by atoms with E-state index in [9.17, 15) is 22.6 Å². The maximum absolute atomic E-state index is 13.3. The first-order valence-electron chi connectivity index (χ1n) is 9.17. The number of H-pyrrole nitrogens is 1. The zero-order valence-electron chi connectivity index (χ0n) is 16.1. The number of nitrogens with one attached hydrogen (secondary N) is 1. The molecule has 0 aliphatic carbocycles. The fraction of sp³-hybridized carbons (Fsp3) is 0.0909. The SMILES string of the molecule is Cc1ccc2[nH]c3cc4c(=O)c5ccccc5n(C)c4c(S(=O)(=O)O)c3c(=O)c2c1. The van der Waals surface area contributed by atoms with Gasteiger partial charge < -0.3 is 9.55 Å². The number of aryl methyl sites for hydroxylation is 2. The van der Waals surface area contributed by atoms with Crippen molar-refractivity contribution in [2.45, 2.75) is 11.8 Å². The van der Waals surface area contributed by atoms with Gasteiger partial charge in [0.2, 0.25) is 0 Å². The van der Waals surface area contributed by atoms with Crippen LogP contribution in [0.5, 0.6) is 0 Å². The molecule has 0 aliphatic heterocycles. The Labute approximate surface area is 169 Å². The lowest BCUT2D eigenvalue weighted by molar-refractivity contribution is 0.484. The summed E-state index contributed by atoms with van der Waals surface area (Å²) in [6, 6.07) is 13.5. The van der Waals surface area contributed by atoms with Crippen LogP contribution >= 0.6 is 0 Å². The number of rotatable bonds is 1. The van der Waals surface area contributed by atoms with Crippen LogP contribution in [0.4, 0.5) is 0 Å². The van der Waals surface area contributed by atoms with E-state index >= 15 is 0 Å². The summed E-state index contributed by atoms with van der Waals surface area (Å²) in [4.78, 5) is 29.0. The fourth-order valence-electron chi connectivity index (χ4n) is 4.19. The molecule has 0 aliphatic rings. The van der Waals surface area contributed by atoms with Crippen molar-refractivity contribution in [3.63, 3.8) is 0 Å². The molecule has 2 N–H and O–H groups in total. The van der Waals surface area contributed by atoms with E-state index in [1.807, 2.05) is 13.0 Å². The second kappa shape index (κ2) is 6.01. The molecular weight excluding hydrogens is 404 g/mol. The summed E-state index contributed by atoms with van der Waals surface area (Å²) < 4.78 is 36.7. The molecule has 0 saturated carbocycles. The molecule has 5 rings (SSSR count). The lowest BCUT2D eigenvalue weighted by atomic mass is 10.0. The zero-order chi connectivity index (χ0) is 21.4. The first-order chi connectivity index (χ1) is 14.2. The molecule has 5 aromatic rings. The Bertz CT molecular complexity index is 1780. The third kappa shape index (κ3) is 2.44. The summed E-state index contributed by atoms with van der Waals surface area (Å²) in [5, 5.41) is 0.635. The van der Waals surface area contributed by atoms with Crippen molar-refractivity contribution in [2.24, 2.45) is 7.05 Å². The summed E-state index contributed by atoms with van der Waals surface area (Å²) in [5.41, 5.74) is 1.09. The highest BCUT2D eigenvalue weighted by molar-refractivity contribution is 7.86. The Hall–Kier alpha value is -3.49. The first kappa shape index (κ1) is 18.5. The lowest BCUT2D eigenvalue weighted by Gasteiger charge is -2.15. The van der Waals surface area contributed by atoms with Gasteiger partial charge in [-0.1, -0.05) is 23.8 Å². The van der Waals surface area contributed by atoms with Crippen molar-refractivity contribution in [3.05, 3.63) is 74.5 Å². The predicted octanol–water partition coefficient (Wildman–Crippen LogP) is 3.24. The number of fused-ring (bicyclic) bond motifs is 4. The predicted molar refractivity (Wildman–Crippen MR) is 117 cm³/mol. The van der Waals surface area contributed by atoms with E-state index in [1.165, 1.54) is 10.6 Å². The molecule has 0 bridgehead atoms. The van der Waals surface area contributed by atoms with E-state index in [2.05, 4.69) is 4.98 Å². The molecule has 0 amide bonds. The molecule has 3 aromatic carbocycles. The molecular formula is C22H16N2O5S. The van der Waals surface area contributed by atoms with Crippen LogP contribution in [-0.4, -0.2) is 22.5 Å². The van der Waals surface area contributed by atoms with Crippen molar-refractivity contribution in [3.8, 4) is 0 Å². The van der Waals surface area contributed by atoms with Crippen molar-refractivity contribution in [2.75, 3.05) is 0 Å². The molecule has 2 aromatic heterocycles. The van der Waals surface area contributed by atoms with E-state index in [1.54, 1.807) is 43.4 Å². The molecule has 8 heteroatoms. The standard InChI is InChI=1S/C22H16N2O5S/c1-11-7-8-15-13(9-11)21(26)18-16(23-15)10-14-19(22(18)30(27,28)29)24(2)17-6-4-3-5-12(17)20(14)25/h3-10H,1-2H3,(H,23,26)(H,27,28,29).